The summed E-state index contributed by atoms with van der Waals surface area (Å²) in [7, 11) is 0. The third kappa shape index (κ3) is 2.97. The van der Waals surface area contributed by atoms with E-state index in [-0.39, 0.29) is 12.4 Å². The first-order valence-electron chi connectivity index (χ1n) is 7.76. The first-order valence-corrected chi connectivity index (χ1v) is 7.76. The third-order valence-corrected chi connectivity index (χ3v) is 4.35. The monoisotopic (exact) mass is 350 g/mol. The Morgan fingerprint density at radius 1 is 1.25 bits per heavy atom. The van der Waals surface area contributed by atoms with Gasteiger partial charge < -0.3 is 19.1 Å². The highest BCUT2D eigenvalue weighted by atomic mass is 35.5. The van der Waals surface area contributed by atoms with Crippen LogP contribution in [0.3, 0.4) is 0 Å². The van der Waals surface area contributed by atoms with E-state index < -0.39 is 5.54 Å². The van der Waals surface area contributed by atoms with E-state index in [1.165, 1.54) is 0 Å². The number of nitrogens with two attached hydrogens (primary N) is 1. The summed E-state index contributed by atoms with van der Waals surface area (Å²) in [5.41, 5.74) is 6.66. The molecule has 0 spiro atoms. The summed E-state index contributed by atoms with van der Waals surface area (Å²) in [5, 5.41) is 4.06. The van der Waals surface area contributed by atoms with Crippen molar-refractivity contribution in [3.05, 3.63) is 41.6 Å². The Balaban J connectivity index is 0.00000169. The van der Waals surface area contributed by atoms with Crippen molar-refractivity contribution in [1.82, 2.24) is 15.1 Å². The van der Waals surface area contributed by atoms with Crippen molar-refractivity contribution in [2.75, 3.05) is 0 Å². The molecule has 2 N–H and O–H groups in total. The van der Waals surface area contributed by atoms with Crippen LogP contribution >= 0.6 is 12.4 Å². The van der Waals surface area contributed by atoms with Crippen LogP contribution in [0.15, 0.2) is 31.8 Å². The number of rotatable bonds is 4. The van der Waals surface area contributed by atoms with Gasteiger partial charge in [0.1, 0.15) is 5.76 Å². The van der Waals surface area contributed by atoms with Gasteiger partial charge in [-0.2, -0.15) is 4.98 Å². The molecule has 0 amide bonds. The standard InChI is InChI=1S/C16H18N4O3.ClH/c1-10-11(18-14(22-10)12-5-4-8-21-12)9-13-19-15(20-23-13)16(17)6-2-3-7-16;/h4-5,8H,2-3,6-7,9,17H2,1H3;1H. The van der Waals surface area contributed by atoms with Crippen LogP contribution in [0, 0.1) is 6.92 Å². The molecule has 0 radical (unpaired) electrons. The van der Waals surface area contributed by atoms with Crippen LogP contribution in [0.4, 0.5) is 0 Å². The molecular formula is C16H19ClN4O3. The van der Waals surface area contributed by atoms with Crippen molar-refractivity contribution in [3.8, 4) is 11.7 Å². The van der Waals surface area contributed by atoms with E-state index in [1.807, 2.05) is 6.92 Å². The lowest BCUT2D eigenvalue weighted by atomic mass is 9.99. The Labute approximate surface area is 145 Å². The second-order valence-electron chi connectivity index (χ2n) is 6.05. The molecule has 1 fully saturated rings. The van der Waals surface area contributed by atoms with Gasteiger partial charge in [0, 0.05) is 0 Å². The number of aryl methyl sites for hydroxylation is 1. The minimum Gasteiger partial charge on any atom is -0.459 e. The van der Waals surface area contributed by atoms with Crippen molar-refractivity contribution in [3.63, 3.8) is 0 Å². The van der Waals surface area contributed by atoms with Gasteiger partial charge in [0.2, 0.25) is 5.89 Å². The van der Waals surface area contributed by atoms with Crippen molar-refractivity contribution in [2.45, 2.75) is 44.6 Å². The van der Waals surface area contributed by atoms with E-state index >= 15 is 0 Å². The van der Waals surface area contributed by atoms with Crippen LogP contribution in [0.5, 0.6) is 0 Å². The van der Waals surface area contributed by atoms with E-state index in [2.05, 4.69) is 15.1 Å². The summed E-state index contributed by atoms with van der Waals surface area (Å²) in [5.74, 6) is 2.85. The molecule has 0 aromatic carbocycles. The number of aromatic nitrogens is 3. The second-order valence-corrected chi connectivity index (χ2v) is 6.05. The van der Waals surface area contributed by atoms with E-state index in [0.29, 0.717) is 35.5 Å². The van der Waals surface area contributed by atoms with Gasteiger partial charge >= 0.3 is 0 Å². The van der Waals surface area contributed by atoms with E-state index in [1.54, 1.807) is 18.4 Å². The van der Waals surface area contributed by atoms with Gasteiger partial charge in [-0.1, -0.05) is 18.0 Å². The van der Waals surface area contributed by atoms with Gasteiger partial charge in [0.15, 0.2) is 11.6 Å². The lowest BCUT2D eigenvalue weighted by Gasteiger charge is -2.17. The van der Waals surface area contributed by atoms with Crippen LogP contribution in [0.2, 0.25) is 0 Å². The normalized spacial score (nSPS) is 16.2. The maximum absolute atomic E-state index is 6.35. The van der Waals surface area contributed by atoms with Crippen LogP contribution in [-0.4, -0.2) is 15.1 Å². The first kappa shape index (κ1) is 16.7. The molecule has 24 heavy (non-hydrogen) atoms. The molecule has 0 aliphatic heterocycles. The molecule has 0 saturated heterocycles. The molecule has 3 heterocycles. The predicted molar refractivity (Wildman–Crippen MR) is 87.6 cm³/mol. The lowest BCUT2D eigenvalue weighted by Crippen LogP contribution is -2.34. The van der Waals surface area contributed by atoms with Crippen molar-refractivity contribution >= 4 is 12.4 Å². The maximum Gasteiger partial charge on any atom is 0.263 e. The summed E-state index contributed by atoms with van der Waals surface area (Å²) >= 11 is 0. The fourth-order valence-electron chi connectivity index (χ4n) is 3.00. The Morgan fingerprint density at radius 3 is 2.75 bits per heavy atom. The summed E-state index contributed by atoms with van der Waals surface area (Å²) < 4.78 is 16.3. The topological polar surface area (TPSA) is 104 Å². The first-order chi connectivity index (χ1) is 11.1. The fourth-order valence-corrected chi connectivity index (χ4v) is 3.00. The van der Waals surface area contributed by atoms with Crippen molar-refractivity contribution in [2.24, 2.45) is 5.73 Å². The Bertz CT molecular complexity index is 803. The Morgan fingerprint density at radius 2 is 2.04 bits per heavy atom. The SMILES string of the molecule is Cc1oc(-c2ccco2)nc1Cc1nc(C2(N)CCCC2)no1.Cl. The largest absolute Gasteiger partial charge is 0.459 e. The lowest BCUT2D eigenvalue weighted by molar-refractivity contribution is 0.351. The second kappa shape index (κ2) is 6.41. The van der Waals surface area contributed by atoms with E-state index in [9.17, 15) is 0 Å². The van der Waals surface area contributed by atoms with Gasteiger partial charge in [-0.15, -0.1) is 12.4 Å². The number of halogens is 1. The van der Waals surface area contributed by atoms with Crippen LogP contribution in [-0.2, 0) is 12.0 Å². The highest BCUT2D eigenvalue weighted by Crippen LogP contribution is 2.34. The molecule has 0 bridgehead atoms. The van der Waals surface area contributed by atoms with Crippen LogP contribution in [0.25, 0.3) is 11.7 Å². The fraction of sp³-hybridized carbons (Fsp3) is 0.438. The summed E-state index contributed by atoms with van der Waals surface area (Å²) in [4.78, 5) is 8.92. The minimum absolute atomic E-state index is 0. The molecule has 1 aliphatic carbocycles. The van der Waals surface area contributed by atoms with E-state index in [0.717, 1.165) is 31.4 Å². The summed E-state index contributed by atoms with van der Waals surface area (Å²) in [6.07, 6.45) is 6.01. The van der Waals surface area contributed by atoms with Crippen LogP contribution < -0.4 is 5.73 Å². The zero-order chi connectivity index (χ0) is 15.9. The van der Waals surface area contributed by atoms with Gasteiger partial charge in [-0.3, -0.25) is 0 Å². The van der Waals surface area contributed by atoms with Crippen molar-refractivity contribution < 1.29 is 13.4 Å². The zero-order valence-corrected chi connectivity index (χ0v) is 14.1. The maximum atomic E-state index is 6.35. The smallest absolute Gasteiger partial charge is 0.263 e. The molecule has 4 rings (SSSR count). The number of nitrogens with zero attached hydrogens (tertiary/aromatic N) is 3. The molecular weight excluding hydrogens is 332 g/mol. The Kier molecular flexibility index (Phi) is 4.47. The minimum atomic E-state index is -0.444. The highest BCUT2D eigenvalue weighted by molar-refractivity contribution is 5.85. The molecule has 7 nitrogen and oxygen atoms in total. The van der Waals surface area contributed by atoms with E-state index in [4.69, 9.17) is 19.1 Å². The average molecular weight is 351 g/mol. The van der Waals surface area contributed by atoms with Gasteiger partial charge in [0.05, 0.1) is 23.9 Å². The van der Waals surface area contributed by atoms with Gasteiger partial charge in [-0.25, -0.2) is 4.98 Å². The summed E-state index contributed by atoms with van der Waals surface area (Å²) in [6, 6.07) is 3.60. The highest BCUT2D eigenvalue weighted by Gasteiger charge is 2.36. The number of oxazole rings is 1. The zero-order valence-electron chi connectivity index (χ0n) is 13.3. The number of hydrogen-bond acceptors (Lipinski definition) is 7. The molecule has 0 atom stereocenters. The van der Waals surface area contributed by atoms with Crippen LogP contribution in [0.1, 0.15) is 48.9 Å². The molecule has 0 unspecified atom stereocenters. The number of hydrogen-bond donors (Lipinski definition) is 1. The molecule has 3 aromatic rings. The third-order valence-electron chi connectivity index (χ3n) is 4.35. The molecule has 1 saturated carbocycles. The van der Waals surface area contributed by atoms with Gasteiger partial charge in [-0.05, 0) is 31.9 Å². The summed E-state index contributed by atoms with van der Waals surface area (Å²) in [6.45, 7) is 1.85. The van der Waals surface area contributed by atoms with Gasteiger partial charge in [0.25, 0.3) is 5.89 Å². The molecule has 128 valence electrons. The predicted octanol–water partition coefficient (Wildman–Crippen LogP) is 3.37. The Hall–Kier alpha value is -2.12. The molecule has 8 heteroatoms. The average Bonchev–Trinajstić information content (AvgIpc) is 3.28. The molecule has 1 aliphatic rings. The molecule has 3 aromatic heterocycles. The van der Waals surface area contributed by atoms with Crippen molar-refractivity contribution in [1.29, 1.82) is 0 Å². The number of furan rings is 1. The quantitative estimate of drug-likeness (QED) is 0.769.